The van der Waals surface area contributed by atoms with Gasteiger partial charge in [0.25, 0.3) is 5.91 Å². The first-order chi connectivity index (χ1) is 9.54. The molecule has 2 N–H and O–H groups in total. The molecule has 20 heavy (non-hydrogen) atoms. The van der Waals surface area contributed by atoms with Crippen LogP contribution >= 0.6 is 0 Å². The minimum atomic E-state index is -0.924. The van der Waals surface area contributed by atoms with Crippen molar-refractivity contribution in [2.24, 2.45) is 11.8 Å². The van der Waals surface area contributed by atoms with Crippen LogP contribution in [0.15, 0.2) is 23.7 Å². The predicted molar refractivity (Wildman–Crippen MR) is 70.4 cm³/mol. The van der Waals surface area contributed by atoms with Crippen molar-refractivity contribution in [2.45, 2.75) is 25.8 Å². The van der Waals surface area contributed by atoms with Gasteiger partial charge in [0.1, 0.15) is 24.5 Å². The van der Waals surface area contributed by atoms with E-state index >= 15 is 0 Å². The smallest absolute Gasteiger partial charge is 0.322 e. The zero-order valence-corrected chi connectivity index (χ0v) is 11.6. The van der Waals surface area contributed by atoms with Crippen molar-refractivity contribution >= 4 is 11.9 Å². The van der Waals surface area contributed by atoms with Crippen LogP contribution in [0, 0.1) is 11.8 Å². The Labute approximate surface area is 117 Å². The molecule has 108 valence electrons. The normalized spacial score (nSPS) is 32.5. The van der Waals surface area contributed by atoms with Gasteiger partial charge in [0.05, 0.1) is 0 Å². The third-order valence-corrected chi connectivity index (χ3v) is 4.20. The number of carbonyl (C=O) groups excluding carboxylic acids is 2. The number of hydrogen-bond donors (Lipinski definition) is 2. The van der Waals surface area contributed by atoms with E-state index < -0.39 is 11.6 Å². The molecule has 0 radical (unpaired) electrons. The fourth-order valence-corrected chi connectivity index (χ4v) is 3.13. The molecule has 0 bridgehead atoms. The molecule has 2 aliphatic heterocycles. The van der Waals surface area contributed by atoms with Crippen molar-refractivity contribution in [1.82, 2.24) is 10.6 Å². The highest BCUT2D eigenvalue weighted by atomic mass is 16.6. The highest BCUT2D eigenvalue weighted by Gasteiger charge is 2.54. The molecule has 6 nitrogen and oxygen atoms in total. The third-order valence-electron chi connectivity index (χ3n) is 4.20. The van der Waals surface area contributed by atoms with Gasteiger partial charge in [-0.3, -0.25) is 10.1 Å². The highest BCUT2D eigenvalue weighted by molar-refractivity contribution is 6.07. The number of amides is 3. The van der Waals surface area contributed by atoms with E-state index in [0.717, 1.165) is 11.5 Å². The van der Waals surface area contributed by atoms with Gasteiger partial charge in [-0.2, -0.15) is 0 Å². The molecule has 1 fully saturated rings. The molecule has 0 spiro atoms. The summed E-state index contributed by atoms with van der Waals surface area (Å²) in [6.45, 7) is 4.93. The second kappa shape index (κ2) is 4.54. The summed E-state index contributed by atoms with van der Waals surface area (Å²) in [5, 5.41) is 5.16. The van der Waals surface area contributed by atoms with Crippen LogP contribution in [0.1, 0.15) is 20.3 Å². The molecule has 0 saturated carbocycles. The molecule has 2 heterocycles. The SMILES string of the molecule is CC(C)C1(C2C=CC3=C(C2)OCCO3)NC(=O)NC1=O. The first kappa shape index (κ1) is 13.0. The number of imide groups is 1. The molecule has 0 aromatic heterocycles. The van der Waals surface area contributed by atoms with Gasteiger partial charge in [-0.25, -0.2) is 4.79 Å². The Morgan fingerprint density at radius 1 is 1.30 bits per heavy atom. The average Bonchev–Trinajstić information content (AvgIpc) is 2.74. The molecule has 3 amide bonds. The molecule has 0 aromatic rings. The van der Waals surface area contributed by atoms with Crippen LogP contribution in [0.4, 0.5) is 4.79 Å². The standard InChI is InChI=1S/C14H18N2O4/c1-8(2)14(12(17)15-13(18)16-14)9-3-4-10-11(7-9)20-6-5-19-10/h3-4,8-9H,5-7H2,1-2H3,(H2,15,16,17,18). The highest BCUT2D eigenvalue weighted by Crippen LogP contribution is 2.39. The number of ether oxygens (including phenoxy) is 2. The summed E-state index contributed by atoms with van der Waals surface area (Å²) in [5.74, 6) is 1.05. The Bertz CT molecular complexity index is 523. The lowest BCUT2D eigenvalue weighted by atomic mass is 9.72. The molecular formula is C14H18N2O4. The van der Waals surface area contributed by atoms with Gasteiger partial charge in [0.2, 0.25) is 0 Å². The van der Waals surface area contributed by atoms with Crippen LogP contribution in [-0.4, -0.2) is 30.7 Å². The maximum absolute atomic E-state index is 12.3. The Morgan fingerprint density at radius 3 is 2.70 bits per heavy atom. The van der Waals surface area contributed by atoms with E-state index in [-0.39, 0.29) is 17.7 Å². The minimum Gasteiger partial charge on any atom is -0.490 e. The Hall–Kier alpha value is -1.98. The number of urea groups is 1. The van der Waals surface area contributed by atoms with E-state index in [1.54, 1.807) is 0 Å². The van der Waals surface area contributed by atoms with Crippen LogP contribution in [0.25, 0.3) is 0 Å². The monoisotopic (exact) mass is 278 g/mol. The molecular weight excluding hydrogens is 260 g/mol. The van der Waals surface area contributed by atoms with E-state index in [1.807, 2.05) is 26.0 Å². The van der Waals surface area contributed by atoms with Gasteiger partial charge < -0.3 is 14.8 Å². The molecule has 6 heteroatoms. The fourth-order valence-electron chi connectivity index (χ4n) is 3.13. The second-order valence-corrected chi connectivity index (χ2v) is 5.59. The number of nitrogens with one attached hydrogen (secondary N) is 2. The zero-order valence-electron chi connectivity index (χ0n) is 11.6. The van der Waals surface area contributed by atoms with E-state index in [0.29, 0.717) is 19.6 Å². The topological polar surface area (TPSA) is 76.7 Å². The predicted octanol–water partition coefficient (Wildman–Crippen LogP) is 1.06. The van der Waals surface area contributed by atoms with Crippen LogP contribution in [-0.2, 0) is 14.3 Å². The lowest BCUT2D eigenvalue weighted by Gasteiger charge is -2.39. The van der Waals surface area contributed by atoms with Crippen LogP contribution in [0.2, 0.25) is 0 Å². The van der Waals surface area contributed by atoms with Crippen molar-refractivity contribution in [2.75, 3.05) is 13.2 Å². The molecule has 2 atom stereocenters. The third kappa shape index (κ3) is 1.78. The number of hydrogen-bond acceptors (Lipinski definition) is 4. The van der Waals surface area contributed by atoms with E-state index in [4.69, 9.17) is 9.47 Å². The summed E-state index contributed by atoms with van der Waals surface area (Å²) >= 11 is 0. The first-order valence-electron chi connectivity index (χ1n) is 6.84. The summed E-state index contributed by atoms with van der Waals surface area (Å²) in [6, 6.07) is -0.433. The van der Waals surface area contributed by atoms with Gasteiger partial charge >= 0.3 is 6.03 Å². The van der Waals surface area contributed by atoms with Crippen LogP contribution in [0.5, 0.6) is 0 Å². The van der Waals surface area contributed by atoms with Crippen LogP contribution < -0.4 is 10.6 Å². The molecule has 3 rings (SSSR count). The largest absolute Gasteiger partial charge is 0.490 e. The summed E-state index contributed by atoms with van der Waals surface area (Å²) in [5.41, 5.74) is -0.924. The van der Waals surface area contributed by atoms with Crippen molar-refractivity contribution in [3.63, 3.8) is 0 Å². The van der Waals surface area contributed by atoms with Crippen molar-refractivity contribution in [3.8, 4) is 0 Å². The number of rotatable bonds is 2. The summed E-state index contributed by atoms with van der Waals surface area (Å²) < 4.78 is 11.1. The Morgan fingerprint density at radius 2 is 2.05 bits per heavy atom. The number of allylic oxidation sites excluding steroid dienone is 2. The molecule has 0 aromatic carbocycles. The quantitative estimate of drug-likeness (QED) is 0.740. The average molecular weight is 278 g/mol. The zero-order chi connectivity index (χ0) is 14.3. The maximum Gasteiger partial charge on any atom is 0.322 e. The Kier molecular flexibility index (Phi) is 2.96. The fraction of sp³-hybridized carbons (Fsp3) is 0.571. The van der Waals surface area contributed by atoms with Gasteiger partial charge in [-0.1, -0.05) is 19.9 Å². The second-order valence-electron chi connectivity index (χ2n) is 5.59. The van der Waals surface area contributed by atoms with Crippen LogP contribution in [0.3, 0.4) is 0 Å². The van der Waals surface area contributed by atoms with Crippen molar-refractivity contribution in [1.29, 1.82) is 0 Å². The lowest BCUT2D eigenvalue weighted by Crippen LogP contribution is -2.57. The van der Waals surface area contributed by atoms with E-state index in [9.17, 15) is 9.59 Å². The van der Waals surface area contributed by atoms with Crippen molar-refractivity contribution < 1.29 is 19.1 Å². The van der Waals surface area contributed by atoms with E-state index in [1.165, 1.54) is 0 Å². The van der Waals surface area contributed by atoms with Gasteiger partial charge in [0.15, 0.2) is 5.76 Å². The molecule has 1 aliphatic carbocycles. The van der Waals surface area contributed by atoms with Gasteiger partial charge in [-0.05, 0) is 12.0 Å². The van der Waals surface area contributed by atoms with Gasteiger partial charge in [-0.15, -0.1) is 0 Å². The summed E-state index contributed by atoms with van der Waals surface area (Å²) in [7, 11) is 0. The first-order valence-corrected chi connectivity index (χ1v) is 6.84. The molecule has 2 unspecified atom stereocenters. The lowest BCUT2D eigenvalue weighted by molar-refractivity contribution is -0.127. The molecule has 3 aliphatic rings. The van der Waals surface area contributed by atoms with Crippen molar-refractivity contribution in [3.05, 3.63) is 23.7 Å². The number of carbonyl (C=O) groups is 2. The van der Waals surface area contributed by atoms with E-state index in [2.05, 4.69) is 10.6 Å². The maximum atomic E-state index is 12.3. The molecule has 1 saturated heterocycles. The summed E-state index contributed by atoms with van der Waals surface area (Å²) in [4.78, 5) is 23.9. The minimum absolute atomic E-state index is 0.0322. The Balaban J connectivity index is 1.92. The van der Waals surface area contributed by atoms with Gasteiger partial charge in [0, 0.05) is 12.3 Å². The summed E-state index contributed by atoms with van der Waals surface area (Å²) in [6.07, 6.45) is 4.32.